The zero-order valence-corrected chi connectivity index (χ0v) is 14.2. The van der Waals surface area contributed by atoms with Crippen molar-refractivity contribution in [3.8, 4) is 0 Å². The van der Waals surface area contributed by atoms with Gasteiger partial charge in [0.1, 0.15) is 0 Å². The molecule has 2 fully saturated rings. The van der Waals surface area contributed by atoms with E-state index < -0.39 is 0 Å². The van der Waals surface area contributed by atoms with E-state index in [1.165, 1.54) is 5.56 Å². The van der Waals surface area contributed by atoms with Crippen molar-refractivity contribution in [3.05, 3.63) is 42.0 Å². The number of carbonyl (C=O) groups excluding carboxylic acids is 1. The smallest absolute Gasteiger partial charge is 0.225 e. The van der Waals surface area contributed by atoms with Crippen LogP contribution in [-0.4, -0.2) is 74.2 Å². The molecule has 2 saturated heterocycles. The van der Waals surface area contributed by atoms with Crippen molar-refractivity contribution >= 4 is 12.0 Å². The second kappa shape index (κ2) is 8.97. The Morgan fingerprint density at radius 1 is 1.21 bits per heavy atom. The first-order valence-electron chi connectivity index (χ1n) is 8.85. The summed E-state index contributed by atoms with van der Waals surface area (Å²) in [5.74, 6) is 0.225. The standard InChI is InChI=1S/C19H27N3O2/c23-19(15-18-16-20-8-14-24-18)22-12-10-21(11-13-22)9-4-7-17-5-2-1-3-6-17/h1-7,18,20H,8-16H2/b7-4+/t18-/m0/s1. The van der Waals surface area contributed by atoms with Crippen LogP contribution in [0, 0.1) is 0 Å². The largest absolute Gasteiger partial charge is 0.375 e. The minimum absolute atomic E-state index is 0.0399. The van der Waals surface area contributed by atoms with Crippen molar-refractivity contribution in [2.24, 2.45) is 0 Å². The molecule has 5 heteroatoms. The fourth-order valence-corrected chi connectivity index (χ4v) is 3.16. The molecule has 0 bridgehead atoms. The number of hydrogen-bond acceptors (Lipinski definition) is 4. The lowest BCUT2D eigenvalue weighted by molar-refractivity contribution is -0.136. The molecule has 1 aromatic carbocycles. The molecule has 1 N–H and O–H groups in total. The van der Waals surface area contributed by atoms with Crippen LogP contribution in [0.25, 0.3) is 6.08 Å². The average molecular weight is 329 g/mol. The summed E-state index contributed by atoms with van der Waals surface area (Å²) < 4.78 is 5.63. The number of piperazine rings is 1. The molecular weight excluding hydrogens is 302 g/mol. The molecule has 1 aromatic rings. The summed E-state index contributed by atoms with van der Waals surface area (Å²) in [5, 5.41) is 3.28. The zero-order valence-electron chi connectivity index (χ0n) is 14.2. The lowest BCUT2D eigenvalue weighted by Gasteiger charge is -2.35. The maximum Gasteiger partial charge on any atom is 0.225 e. The van der Waals surface area contributed by atoms with Crippen molar-refractivity contribution in [1.82, 2.24) is 15.1 Å². The van der Waals surface area contributed by atoms with Crippen molar-refractivity contribution in [2.75, 3.05) is 52.4 Å². The monoisotopic (exact) mass is 329 g/mol. The van der Waals surface area contributed by atoms with Crippen LogP contribution in [0.3, 0.4) is 0 Å². The van der Waals surface area contributed by atoms with Crippen molar-refractivity contribution in [2.45, 2.75) is 12.5 Å². The van der Waals surface area contributed by atoms with Crippen LogP contribution in [0.4, 0.5) is 0 Å². The minimum Gasteiger partial charge on any atom is -0.375 e. The van der Waals surface area contributed by atoms with E-state index in [-0.39, 0.29) is 12.0 Å². The Kier molecular flexibility index (Phi) is 6.41. The molecule has 0 radical (unpaired) electrons. The maximum atomic E-state index is 12.4. The molecule has 2 aliphatic heterocycles. The van der Waals surface area contributed by atoms with Gasteiger partial charge in [0, 0.05) is 45.8 Å². The van der Waals surface area contributed by atoms with Gasteiger partial charge in [-0.1, -0.05) is 42.5 Å². The summed E-state index contributed by atoms with van der Waals surface area (Å²) in [6.07, 6.45) is 4.90. The van der Waals surface area contributed by atoms with Gasteiger partial charge in [0.2, 0.25) is 5.91 Å². The molecule has 24 heavy (non-hydrogen) atoms. The Hall–Kier alpha value is -1.69. The van der Waals surface area contributed by atoms with Gasteiger partial charge in [-0.05, 0) is 5.56 Å². The molecule has 0 unspecified atom stereocenters. The molecule has 1 atom stereocenters. The second-order valence-electron chi connectivity index (χ2n) is 6.40. The number of morpholine rings is 1. The van der Waals surface area contributed by atoms with Gasteiger partial charge in [-0.15, -0.1) is 0 Å². The van der Waals surface area contributed by atoms with Gasteiger partial charge in [0.25, 0.3) is 0 Å². The number of ether oxygens (including phenoxy) is 1. The van der Waals surface area contributed by atoms with E-state index in [1.54, 1.807) is 0 Å². The summed E-state index contributed by atoms with van der Waals surface area (Å²) in [6, 6.07) is 10.3. The van der Waals surface area contributed by atoms with Crippen molar-refractivity contribution < 1.29 is 9.53 Å². The van der Waals surface area contributed by atoms with Gasteiger partial charge in [0.05, 0.1) is 19.1 Å². The van der Waals surface area contributed by atoms with Crippen LogP contribution in [-0.2, 0) is 9.53 Å². The van der Waals surface area contributed by atoms with Crippen molar-refractivity contribution in [1.29, 1.82) is 0 Å². The Labute approximate surface area is 144 Å². The predicted octanol–water partition coefficient (Wildman–Crippen LogP) is 1.22. The third-order valence-electron chi connectivity index (χ3n) is 4.61. The summed E-state index contributed by atoms with van der Waals surface area (Å²) in [4.78, 5) is 16.7. The van der Waals surface area contributed by atoms with Crippen LogP contribution in [0.15, 0.2) is 36.4 Å². The fourth-order valence-electron chi connectivity index (χ4n) is 3.16. The van der Waals surface area contributed by atoms with E-state index >= 15 is 0 Å². The molecule has 130 valence electrons. The molecule has 3 rings (SSSR count). The van der Waals surface area contributed by atoms with E-state index in [1.807, 2.05) is 11.0 Å². The topological polar surface area (TPSA) is 44.8 Å². The first-order valence-corrected chi connectivity index (χ1v) is 8.85. The Bertz CT molecular complexity index is 533. The molecular formula is C19H27N3O2. The Morgan fingerprint density at radius 2 is 2.00 bits per heavy atom. The molecule has 1 amide bonds. The fraction of sp³-hybridized carbons (Fsp3) is 0.526. The first kappa shape index (κ1) is 17.1. The number of nitrogens with one attached hydrogen (secondary N) is 1. The van der Waals surface area contributed by atoms with Gasteiger partial charge in [-0.25, -0.2) is 0 Å². The SMILES string of the molecule is O=C(C[C@H]1CNCCO1)N1CCN(C/C=C/c2ccccc2)CC1. The van der Waals surface area contributed by atoms with Crippen LogP contribution in [0.1, 0.15) is 12.0 Å². The normalized spacial score (nSPS) is 22.8. The highest BCUT2D eigenvalue weighted by Gasteiger charge is 2.24. The summed E-state index contributed by atoms with van der Waals surface area (Å²) in [7, 11) is 0. The van der Waals surface area contributed by atoms with E-state index in [0.717, 1.165) is 45.8 Å². The second-order valence-corrected chi connectivity index (χ2v) is 6.40. The van der Waals surface area contributed by atoms with Gasteiger partial charge in [-0.2, -0.15) is 0 Å². The molecule has 5 nitrogen and oxygen atoms in total. The van der Waals surface area contributed by atoms with Gasteiger partial charge >= 0.3 is 0 Å². The number of nitrogens with zero attached hydrogens (tertiary/aromatic N) is 2. The van der Waals surface area contributed by atoms with Crippen molar-refractivity contribution in [3.63, 3.8) is 0 Å². The molecule has 2 heterocycles. The zero-order chi connectivity index (χ0) is 16.6. The third-order valence-corrected chi connectivity index (χ3v) is 4.61. The number of carbonyl (C=O) groups is 1. The lowest BCUT2D eigenvalue weighted by atomic mass is 10.2. The average Bonchev–Trinajstić information content (AvgIpc) is 2.64. The maximum absolute atomic E-state index is 12.4. The van der Waals surface area contributed by atoms with Crippen LogP contribution in [0.2, 0.25) is 0 Å². The Morgan fingerprint density at radius 3 is 2.71 bits per heavy atom. The summed E-state index contributed by atoms with van der Waals surface area (Å²) in [6.45, 7) is 6.83. The summed E-state index contributed by atoms with van der Waals surface area (Å²) in [5.41, 5.74) is 1.23. The third kappa shape index (κ3) is 5.16. The van der Waals surface area contributed by atoms with E-state index in [4.69, 9.17) is 4.74 Å². The molecule has 0 aliphatic carbocycles. The van der Waals surface area contributed by atoms with E-state index in [2.05, 4.69) is 46.6 Å². The van der Waals surface area contributed by atoms with E-state index in [0.29, 0.717) is 13.0 Å². The highest BCUT2D eigenvalue weighted by molar-refractivity contribution is 5.76. The van der Waals surface area contributed by atoms with Crippen LogP contribution in [0.5, 0.6) is 0 Å². The molecule has 2 aliphatic rings. The molecule has 0 aromatic heterocycles. The highest BCUT2D eigenvalue weighted by Crippen LogP contribution is 2.09. The minimum atomic E-state index is 0.0399. The molecule has 0 spiro atoms. The number of hydrogen-bond donors (Lipinski definition) is 1. The number of benzene rings is 1. The summed E-state index contributed by atoms with van der Waals surface area (Å²) >= 11 is 0. The number of amides is 1. The molecule has 0 saturated carbocycles. The van der Waals surface area contributed by atoms with Crippen LogP contribution >= 0.6 is 0 Å². The first-order chi connectivity index (χ1) is 11.8. The van der Waals surface area contributed by atoms with Gasteiger partial charge in [0.15, 0.2) is 0 Å². The Balaban J connectivity index is 1.37. The van der Waals surface area contributed by atoms with Gasteiger partial charge < -0.3 is 15.0 Å². The van der Waals surface area contributed by atoms with Crippen LogP contribution < -0.4 is 5.32 Å². The quantitative estimate of drug-likeness (QED) is 0.882. The van der Waals surface area contributed by atoms with Gasteiger partial charge in [-0.3, -0.25) is 9.69 Å². The number of rotatable bonds is 5. The van der Waals surface area contributed by atoms with E-state index in [9.17, 15) is 4.79 Å². The highest BCUT2D eigenvalue weighted by atomic mass is 16.5. The predicted molar refractivity (Wildman–Crippen MR) is 95.7 cm³/mol. The lowest BCUT2D eigenvalue weighted by Crippen LogP contribution is -2.50.